The molecule has 9 heteroatoms. The fourth-order valence-electron chi connectivity index (χ4n) is 3.50. The molecule has 1 amide bonds. The standard InChI is InChI=1S/C21H25N5O3S/c1-12(2)26-18-15(17(25-26)14-6-5-13(3)22-11-14)7-8-16-19(18)30-20(23-16)24-21(27)29-10-9-28-4/h5-6,11-12H,7-10H2,1-4H3,(H,23,24,27). The molecule has 0 atom stereocenters. The molecule has 0 aromatic carbocycles. The van der Waals surface area contributed by atoms with E-state index in [1.807, 2.05) is 19.2 Å². The molecule has 0 aliphatic heterocycles. The first-order chi connectivity index (χ1) is 14.5. The Balaban J connectivity index is 1.69. The first-order valence-corrected chi connectivity index (χ1v) is 10.8. The minimum atomic E-state index is -0.526. The molecule has 8 nitrogen and oxygen atoms in total. The van der Waals surface area contributed by atoms with E-state index in [0.29, 0.717) is 11.7 Å². The summed E-state index contributed by atoms with van der Waals surface area (Å²) in [6.07, 6.45) is 3.00. The first kappa shape index (κ1) is 20.5. The smallest absolute Gasteiger partial charge is 0.413 e. The van der Waals surface area contributed by atoms with E-state index >= 15 is 0 Å². The molecular weight excluding hydrogens is 402 g/mol. The molecule has 30 heavy (non-hydrogen) atoms. The summed E-state index contributed by atoms with van der Waals surface area (Å²) < 4.78 is 12.0. The number of nitrogens with zero attached hydrogens (tertiary/aromatic N) is 4. The summed E-state index contributed by atoms with van der Waals surface area (Å²) in [6, 6.07) is 4.27. The molecule has 1 aliphatic rings. The lowest BCUT2D eigenvalue weighted by Gasteiger charge is -2.15. The van der Waals surface area contributed by atoms with Gasteiger partial charge in [-0.1, -0.05) is 11.3 Å². The maximum Gasteiger partial charge on any atom is 0.413 e. The number of methoxy groups -OCH3 is 1. The fourth-order valence-corrected chi connectivity index (χ4v) is 4.57. The average Bonchev–Trinajstić information content (AvgIpc) is 3.29. The molecule has 0 fully saturated rings. The second kappa shape index (κ2) is 8.53. The average molecular weight is 428 g/mol. The number of thiazole rings is 1. The minimum Gasteiger partial charge on any atom is -0.447 e. The van der Waals surface area contributed by atoms with Crippen LogP contribution in [0.4, 0.5) is 9.93 Å². The lowest BCUT2D eigenvalue weighted by atomic mass is 9.95. The van der Waals surface area contributed by atoms with Gasteiger partial charge in [0.05, 0.1) is 28.6 Å². The molecule has 3 aromatic rings. The summed E-state index contributed by atoms with van der Waals surface area (Å²) in [7, 11) is 1.56. The van der Waals surface area contributed by atoms with Crippen LogP contribution < -0.4 is 5.32 Å². The van der Waals surface area contributed by atoms with Gasteiger partial charge < -0.3 is 9.47 Å². The zero-order valence-electron chi connectivity index (χ0n) is 17.6. The Morgan fingerprint density at radius 1 is 1.30 bits per heavy atom. The van der Waals surface area contributed by atoms with Crippen molar-refractivity contribution in [3.05, 3.63) is 35.3 Å². The molecule has 1 aliphatic carbocycles. The molecule has 158 valence electrons. The van der Waals surface area contributed by atoms with E-state index in [-0.39, 0.29) is 12.6 Å². The van der Waals surface area contributed by atoms with E-state index < -0.39 is 6.09 Å². The Labute approximate surface area is 179 Å². The van der Waals surface area contributed by atoms with Gasteiger partial charge in [0, 0.05) is 36.2 Å². The number of hydrogen-bond acceptors (Lipinski definition) is 7. The molecular formula is C21H25N5O3S. The number of aromatic nitrogens is 4. The number of fused-ring (bicyclic) bond motifs is 3. The topological polar surface area (TPSA) is 91.2 Å². The number of aryl methyl sites for hydroxylation is 2. The Morgan fingerprint density at radius 3 is 2.83 bits per heavy atom. The lowest BCUT2D eigenvalue weighted by Crippen LogP contribution is -2.16. The monoisotopic (exact) mass is 427 g/mol. The van der Waals surface area contributed by atoms with Crippen molar-refractivity contribution in [1.82, 2.24) is 19.7 Å². The number of carbonyl (C=O) groups is 1. The van der Waals surface area contributed by atoms with Gasteiger partial charge in [-0.3, -0.25) is 15.0 Å². The highest BCUT2D eigenvalue weighted by Gasteiger charge is 2.30. The van der Waals surface area contributed by atoms with E-state index in [0.717, 1.165) is 46.1 Å². The lowest BCUT2D eigenvalue weighted by molar-refractivity contribution is 0.107. The molecule has 0 saturated heterocycles. The van der Waals surface area contributed by atoms with Gasteiger partial charge in [-0.2, -0.15) is 5.10 Å². The fraction of sp³-hybridized carbons (Fsp3) is 0.429. The van der Waals surface area contributed by atoms with Crippen LogP contribution in [0, 0.1) is 6.92 Å². The van der Waals surface area contributed by atoms with Crippen molar-refractivity contribution in [1.29, 1.82) is 0 Å². The summed E-state index contributed by atoms with van der Waals surface area (Å²) in [5.74, 6) is 0. The number of hydrogen-bond donors (Lipinski definition) is 1. The highest BCUT2D eigenvalue weighted by molar-refractivity contribution is 7.19. The summed E-state index contributed by atoms with van der Waals surface area (Å²) in [6.45, 7) is 6.77. The van der Waals surface area contributed by atoms with Crippen LogP contribution in [0.5, 0.6) is 0 Å². The van der Waals surface area contributed by atoms with Crippen LogP contribution in [0.1, 0.15) is 36.8 Å². The summed E-state index contributed by atoms with van der Waals surface area (Å²) >= 11 is 1.46. The van der Waals surface area contributed by atoms with Crippen molar-refractivity contribution >= 4 is 22.6 Å². The number of rotatable bonds is 6. The molecule has 0 spiro atoms. The zero-order chi connectivity index (χ0) is 21.3. The largest absolute Gasteiger partial charge is 0.447 e. The predicted octanol–water partition coefficient (Wildman–Crippen LogP) is 4.25. The van der Waals surface area contributed by atoms with Gasteiger partial charge >= 0.3 is 6.09 Å². The molecule has 4 rings (SSSR count). The molecule has 0 bridgehead atoms. The molecule has 0 unspecified atom stereocenters. The van der Waals surface area contributed by atoms with E-state index in [2.05, 4.69) is 39.9 Å². The Morgan fingerprint density at radius 2 is 2.13 bits per heavy atom. The first-order valence-electron chi connectivity index (χ1n) is 9.95. The van der Waals surface area contributed by atoms with Crippen LogP contribution in [0.25, 0.3) is 21.8 Å². The second-order valence-corrected chi connectivity index (χ2v) is 8.45. The van der Waals surface area contributed by atoms with Gasteiger partial charge in [0.1, 0.15) is 6.61 Å². The van der Waals surface area contributed by atoms with Crippen LogP contribution >= 0.6 is 11.3 Å². The third-order valence-corrected chi connectivity index (χ3v) is 5.96. The SMILES string of the molecule is COCCOC(=O)Nc1nc2c(s1)-c1c(c(-c3ccc(C)nc3)nn1C(C)C)CC2. The number of amides is 1. The quantitative estimate of drug-likeness (QED) is 0.591. The van der Waals surface area contributed by atoms with Crippen LogP contribution in [0.3, 0.4) is 0 Å². The van der Waals surface area contributed by atoms with E-state index in [9.17, 15) is 4.79 Å². The van der Waals surface area contributed by atoms with Gasteiger partial charge in [0.25, 0.3) is 0 Å². The van der Waals surface area contributed by atoms with E-state index in [1.54, 1.807) is 7.11 Å². The van der Waals surface area contributed by atoms with Gasteiger partial charge in [-0.25, -0.2) is 9.78 Å². The van der Waals surface area contributed by atoms with Crippen LogP contribution in [0.15, 0.2) is 18.3 Å². The molecule has 0 radical (unpaired) electrons. The molecule has 3 heterocycles. The highest BCUT2D eigenvalue weighted by Crippen LogP contribution is 2.44. The van der Waals surface area contributed by atoms with Crippen molar-refractivity contribution < 1.29 is 14.3 Å². The number of anilines is 1. The van der Waals surface area contributed by atoms with E-state index in [1.165, 1.54) is 16.9 Å². The van der Waals surface area contributed by atoms with Crippen molar-refractivity contribution in [2.24, 2.45) is 0 Å². The zero-order valence-corrected chi connectivity index (χ0v) is 18.4. The van der Waals surface area contributed by atoms with Crippen LogP contribution in [0.2, 0.25) is 0 Å². The van der Waals surface area contributed by atoms with Crippen molar-refractivity contribution in [2.45, 2.75) is 39.7 Å². The van der Waals surface area contributed by atoms with Crippen LogP contribution in [-0.2, 0) is 22.3 Å². The van der Waals surface area contributed by atoms with Gasteiger partial charge in [-0.05, 0) is 45.7 Å². The van der Waals surface area contributed by atoms with Crippen molar-refractivity contribution in [3.8, 4) is 21.8 Å². The number of ether oxygens (including phenoxy) is 2. The van der Waals surface area contributed by atoms with Gasteiger partial charge in [-0.15, -0.1) is 0 Å². The van der Waals surface area contributed by atoms with Crippen molar-refractivity contribution in [3.63, 3.8) is 0 Å². The Kier molecular flexibility index (Phi) is 5.83. The third kappa shape index (κ3) is 3.95. The number of carbonyl (C=O) groups excluding carboxylic acids is 1. The summed E-state index contributed by atoms with van der Waals surface area (Å²) in [4.78, 5) is 22.1. The number of nitrogens with one attached hydrogen (secondary N) is 1. The molecule has 0 saturated carbocycles. The summed E-state index contributed by atoms with van der Waals surface area (Å²) in [5, 5.41) is 8.21. The Bertz CT molecular complexity index is 1060. The third-order valence-electron chi connectivity index (χ3n) is 4.94. The molecule has 3 aromatic heterocycles. The van der Waals surface area contributed by atoms with E-state index in [4.69, 9.17) is 14.6 Å². The highest BCUT2D eigenvalue weighted by atomic mass is 32.1. The predicted molar refractivity (Wildman–Crippen MR) is 116 cm³/mol. The van der Waals surface area contributed by atoms with Crippen LogP contribution in [-0.4, -0.2) is 46.2 Å². The second-order valence-electron chi connectivity index (χ2n) is 7.45. The minimum absolute atomic E-state index is 0.189. The Hall–Kier alpha value is -2.78. The van der Waals surface area contributed by atoms with Crippen molar-refractivity contribution in [2.75, 3.05) is 25.6 Å². The summed E-state index contributed by atoms with van der Waals surface area (Å²) in [5.41, 5.74) is 6.24. The normalized spacial score (nSPS) is 12.6. The van der Waals surface area contributed by atoms with Gasteiger partial charge in [0.15, 0.2) is 5.13 Å². The van der Waals surface area contributed by atoms with Gasteiger partial charge in [0.2, 0.25) is 0 Å². The number of pyridine rings is 1. The molecule has 1 N–H and O–H groups in total. The maximum atomic E-state index is 12.0. The maximum absolute atomic E-state index is 12.0.